The zero-order valence-corrected chi connectivity index (χ0v) is 6.52. The fourth-order valence-corrected chi connectivity index (χ4v) is 0.319. The lowest BCUT2D eigenvalue weighted by Crippen LogP contribution is -2.30. The van der Waals surface area contributed by atoms with Gasteiger partial charge in [0.2, 0.25) is 0 Å². The van der Waals surface area contributed by atoms with Crippen LogP contribution in [0.3, 0.4) is 0 Å². The number of rotatable bonds is 3. The van der Waals surface area contributed by atoms with E-state index in [1.165, 1.54) is 0 Å². The molecular weight excluding hydrogens is 116 g/mol. The van der Waals surface area contributed by atoms with Crippen molar-refractivity contribution < 1.29 is 5.11 Å². The average molecular weight is 134 g/mol. The molecule has 0 spiro atoms. The number of aliphatic hydroxyl groups excluding tert-OH is 1. The highest BCUT2D eigenvalue weighted by Crippen LogP contribution is 1.69. The molecule has 0 aliphatic carbocycles. The van der Waals surface area contributed by atoms with Crippen molar-refractivity contribution in [2.75, 3.05) is 20.1 Å². The molecular formula is C6H18N2O. The van der Waals surface area contributed by atoms with Crippen LogP contribution >= 0.6 is 0 Å². The fraction of sp³-hybridized carbons (Fsp3) is 1.00. The van der Waals surface area contributed by atoms with Gasteiger partial charge in [-0.1, -0.05) is 13.8 Å². The molecule has 3 nitrogen and oxygen atoms in total. The molecule has 4 N–H and O–H groups in total. The van der Waals surface area contributed by atoms with E-state index in [1.807, 2.05) is 13.8 Å². The minimum atomic E-state index is -0.384. The highest BCUT2D eigenvalue weighted by molar-refractivity contribution is 4.55. The van der Waals surface area contributed by atoms with E-state index < -0.39 is 0 Å². The Morgan fingerprint density at radius 1 is 1.56 bits per heavy atom. The maximum atomic E-state index is 8.67. The number of aliphatic hydroxyl groups is 1. The largest absolute Gasteiger partial charge is 0.390 e. The van der Waals surface area contributed by atoms with Crippen molar-refractivity contribution in [2.24, 2.45) is 5.73 Å². The second-order valence-corrected chi connectivity index (χ2v) is 1.45. The van der Waals surface area contributed by atoms with Gasteiger partial charge >= 0.3 is 0 Å². The van der Waals surface area contributed by atoms with E-state index in [4.69, 9.17) is 10.8 Å². The third-order valence-electron chi connectivity index (χ3n) is 0.712. The lowest BCUT2D eigenvalue weighted by atomic mass is 10.4. The topological polar surface area (TPSA) is 58.3 Å². The van der Waals surface area contributed by atoms with Crippen LogP contribution < -0.4 is 11.1 Å². The Hall–Kier alpha value is -0.120. The number of hydrogen-bond donors (Lipinski definition) is 3. The zero-order valence-electron chi connectivity index (χ0n) is 6.52. The number of nitrogens with one attached hydrogen (secondary N) is 1. The van der Waals surface area contributed by atoms with Gasteiger partial charge in [0.1, 0.15) is 0 Å². The van der Waals surface area contributed by atoms with Crippen LogP contribution in [0.2, 0.25) is 0 Å². The molecule has 0 bridgehead atoms. The molecule has 3 heteroatoms. The van der Waals surface area contributed by atoms with E-state index in [2.05, 4.69) is 5.32 Å². The maximum Gasteiger partial charge on any atom is 0.0786 e. The first-order valence-electron chi connectivity index (χ1n) is 3.34. The summed E-state index contributed by atoms with van der Waals surface area (Å²) < 4.78 is 0. The van der Waals surface area contributed by atoms with Gasteiger partial charge in [-0.15, -0.1) is 0 Å². The van der Waals surface area contributed by atoms with Crippen LogP contribution in [0.1, 0.15) is 13.8 Å². The molecule has 0 fully saturated rings. The van der Waals surface area contributed by atoms with E-state index in [9.17, 15) is 0 Å². The smallest absolute Gasteiger partial charge is 0.0786 e. The van der Waals surface area contributed by atoms with Gasteiger partial charge in [0.25, 0.3) is 0 Å². The summed E-state index contributed by atoms with van der Waals surface area (Å²) in [4.78, 5) is 0. The lowest BCUT2D eigenvalue weighted by molar-refractivity contribution is 0.182. The van der Waals surface area contributed by atoms with Gasteiger partial charge in [0, 0.05) is 13.1 Å². The van der Waals surface area contributed by atoms with Crippen LogP contribution in [-0.2, 0) is 0 Å². The first-order chi connectivity index (χ1) is 4.31. The van der Waals surface area contributed by atoms with E-state index in [0.29, 0.717) is 13.1 Å². The summed E-state index contributed by atoms with van der Waals surface area (Å²) in [6, 6.07) is 0. The maximum absolute atomic E-state index is 8.67. The van der Waals surface area contributed by atoms with Crippen molar-refractivity contribution in [3.8, 4) is 0 Å². The van der Waals surface area contributed by atoms with Crippen LogP contribution in [0.25, 0.3) is 0 Å². The van der Waals surface area contributed by atoms with Crippen molar-refractivity contribution in [3.63, 3.8) is 0 Å². The highest BCUT2D eigenvalue weighted by atomic mass is 16.3. The molecule has 0 aliphatic heterocycles. The molecule has 0 aliphatic rings. The van der Waals surface area contributed by atoms with Crippen molar-refractivity contribution >= 4 is 0 Å². The van der Waals surface area contributed by atoms with Crippen LogP contribution in [0.15, 0.2) is 0 Å². The Morgan fingerprint density at radius 3 is 2.11 bits per heavy atom. The molecule has 0 radical (unpaired) electrons. The Kier molecular flexibility index (Phi) is 14.0. The highest BCUT2D eigenvalue weighted by Gasteiger charge is 1.94. The summed E-state index contributed by atoms with van der Waals surface area (Å²) >= 11 is 0. The third-order valence-corrected chi connectivity index (χ3v) is 0.712. The second kappa shape index (κ2) is 10.8. The molecule has 0 rings (SSSR count). The number of nitrogens with two attached hydrogens (primary N) is 1. The van der Waals surface area contributed by atoms with E-state index in [0.717, 1.165) is 0 Å². The summed E-state index contributed by atoms with van der Waals surface area (Å²) in [6.45, 7) is 4.91. The van der Waals surface area contributed by atoms with Crippen molar-refractivity contribution in [1.29, 1.82) is 0 Å². The average Bonchev–Trinajstić information content (AvgIpc) is 1.93. The molecule has 0 aromatic rings. The fourth-order valence-electron chi connectivity index (χ4n) is 0.319. The lowest BCUT2D eigenvalue weighted by Gasteiger charge is -2.03. The van der Waals surface area contributed by atoms with Crippen LogP contribution in [0, 0.1) is 0 Å². The normalized spacial score (nSPS) is 11.7. The first-order valence-corrected chi connectivity index (χ1v) is 3.34. The van der Waals surface area contributed by atoms with Gasteiger partial charge in [0.15, 0.2) is 0 Å². The third kappa shape index (κ3) is 11.4. The molecule has 0 saturated heterocycles. The first kappa shape index (κ1) is 11.6. The predicted octanol–water partition coefficient (Wildman–Crippen LogP) is -0.448. The Morgan fingerprint density at radius 2 is 2.00 bits per heavy atom. The molecule has 0 aromatic heterocycles. The SMILES string of the molecule is CC.CNCC(O)CN. The summed E-state index contributed by atoms with van der Waals surface area (Å²) in [5, 5.41) is 11.5. The Labute approximate surface area is 57.3 Å². The number of likely N-dealkylation sites (N-methyl/N-ethyl adjacent to an activating group) is 1. The van der Waals surface area contributed by atoms with Gasteiger partial charge in [-0.25, -0.2) is 0 Å². The molecule has 1 unspecified atom stereocenters. The van der Waals surface area contributed by atoms with Crippen molar-refractivity contribution in [3.05, 3.63) is 0 Å². The van der Waals surface area contributed by atoms with E-state index in [-0.39, 0.29) is 6.10 Å². The summed E-state index contributed by atoms with van der Waals surface area (Å²) in [5.41, 5.74) is 5.07. The molecule has 0 saturated carbocycles. The van der Waals surface area contributed by atoms with Crippen LogP contribution in [0.4, 0.5) is 0 Å². The van der Waals surface area contributed by atoms with Gasteiger partial charge in [-0.2, -0.15) is 0 Å². The molecule has 9 heavy (non-hydrogen) atoms. The van der Waals surface area contributed by atoms with Gasteiger partial charge in [-0.05, 0) is 7.05 Å². The molecule has 0 heterocycles. The molecule has 58 valence electrons. The minimum absolute atomic E-state index is 0.334. The summed E-state index contributed by atoms with van der Waals surface area (Å²) in [7, 11) is 1.78. The van der Waals surface area contributed by atoms with Crippen molar-refractivity contribution in [1.82, 2.24) is 5.32 Å². The van der Waals surface area contributed by atoms with Crippen molar-refractivity contribution in [2.45, 2.75) is 20.0 Å². The quantitative estimate of drug-likeness (QED) is 0.490. The predicted molar refractivity (Wildman–Crippen MR) is 40.3 cm³/mol. The summed E-state index contributed by atoms with van der Waals surface area (Å²) in [6.07, 6.45) is -0.384. The van der Waals surface area contributed by atoms with Gasteiger partial charge < -0.3 is 16.2 Å². The second-order valence-electron chi connectivity index (χ2n) is 1.45. The standard InChI is InChI=1S/C4H12N2O.C2H6/c1-6-3-4(7)2-5;1-2/h4,6-7H,2-3,5H2,1H3;1-2H3. The number of hydrogen-bond acceptors (Lipinski definition) is 3. The summed E-state index contributed by atoms with van der Waals surface area (Å²) in [5.74, 6) is 0. The van der Waals surface area contributed by atoms with Gasteiger partial charge in [0.05, 0.1) is 6.10 Å². The monoisotopic (exact) mass is 134 g/mol. The zero-order chi connectivity index (χ0) is 7.70. The Bertz CT molecular complexity index is 42.0. The van der Waals surface area contributed by atoms with E-state index >= 15 is 0 Å². The minimum Gasteiger partial charge on any atom is -0.390 e. The molecule has 1 atom stereocenters. The van der Waals surface area contributed by atoms with Crippen LogP contribution in [-0.4, -0.2) is 31.3 Å². The van der Waals surface area contributed by atoms with Gasteiger partial charge in [-0.3, -0.25) is 0 Å². The van der Waals surface area contributed by atoms with Crippen LogP contribution in [0.5, 0.6) is 0 Å². The Balaban J connectivity index is 0. The molecule has 0 aromatic carbocycles. The molecule has 0 amide bonds. The van der Waals surface area contributed by atoms with E-state index in [1.54, 1.807) is 7.05 Å².